The van der Waals surface area contributed by atoms with Gasteiger partial charge in [0.15, 0.2) is 5.01 Å². The van der Waals surface area contributed by atoms with Crippen molar-refractivity contribution in [2.24, 2.45) is 0 Å². The zero-order chi connectivity index (χ0) is 22.2. The lowest BCUT2D eigenvalue weighted by molar-refractivity contribution is 0.0746. The fourth-order valence-electron chi connectivity index (χ4n) is 4.23. The van der Waals surface area contributed by atoms with Crippen LogP contribution >= 0.6 is 11.3 Å². The van der Waals surface area contributed by atoms with Crippen LogP contribution in [-0.2, 0) is 6.42 Å². The van der Waals surface area contributed by atoms with Crippen molar-refractivity contribution in [1.29, 1.82) is 0 Å². The Bertz CT molecular complexity index is 1280. The maximum absolute atomic E-state index is 13.3. The van der Waals surface area contributed by atoms with Gasteiger partial charge in [-0.25, -0.2) is 9.97 Å². The number of nitrogens with zero attached hydrogens (tertiary/aromatic N) is 6. The molecule has 5 heterocycles. The summed E-state index contributed by atoms with van der Waals surface area (Å²) in [6.07, 6.45) is 9.48. The molecule has 0 bridgehead atoms. The van der Waals surface area contributed by atoms with Crippen LogP contribution in [0, 0.1) is 0 Å². The first-order valence-corrected chi connectivity index (χ1v) is 11.6. The van der Waals surface area contributed by atoms with E-state index in [1.54, 1.807) is 24.8 Å². The second-order valence-electron chi connectivity index (χ2n) is 7.93. The standard InChI is InChI=1S/C23H21N7O2S/c31-23(30-8-6-29(7-9-30)20-14-24-4-5-25-20)22-28-21-17-2-1-15(16-12-26-27-13-16)11-18(17)32-10-3-19(21)33-22/h1-2,4-5,11-14H,3,6-10H2,(H,26,27). The van der Waals surface area contributed by atoms with E-state index in [1.165, 1.54) is 11.3 Å². The lowest BCUT2D eigenvalue weighted by Gasteiger charge is -2.34. The molecule has 10 heteroatoms. The van der Waals surface area contributed by atoms with Crippen molar-refractivity contribution < 1.29 is 9.53 Å². The fraction of sp³-hybridized carbons (Fsp3) is 0.261. The van der Waals surface area contributed by atoms with Crippen molar-refractivity contribution in [3.8, 4) is 28.1 Å². The van der Waals surface area contributed by atoms with E-state index >= 15 is 0 Å². The summed E-state index contributed by atoms with van der Waals surface area (Å²) in [5.41, 5.74) is 3.81. The van der Waals surface area contributed by atoms with Crippen LogP contribution in [0.15, 0.2) is 49.2 Å². The van der Waals surface area contributed by atoms with Gasteiger partial charge in [-0.05, 0) is 17.7 Å². The number of ether oxygens (including phenoxy) is 1. The van der Waals surface area contributed by atoms with Crippen LogP contribution in [0.5, 0.6) is 5.75 Å². The highest BCUT2D eigenvalue weighted by atomic mass is 32.1. The van der Waals surface area contributed by atoms with E-state index in [0.717, 1.165) is 58.3 Å². The molecule has 0 atom stereocenters. The number of anilines is 1. The van der Waals surface area contributed by atoms with E-state index in [0.29, 0.717) is 24.7 Å². The SMILES string of the molecule is O=C(c1nc2c(s1)CCOc1cc(-c3cn[nH]c3)ccc1-2)N1CCN(c2cnccn2)CC1. The van der Waals surface area contributed by atoms with Crippen LogP contribution in [0.4, 0.5) is 5.82 Å². The Balaban J connectivity index is 1.23. The Morgan fingerprint density at radius 2 is 2.00 bits per heavy atom. The lowest BCUT2D eigenvalue weighted by Crippen LogP contribution is -2.49. The Morgan fingerprint density at radius 3 is 2.79 bits per heavy atom. The van der Waals surface area contributed by atoms with Crippen LogP contribution in [-0.4, -0.2) is 68.7 Å². The molecule has 1 N–H and O–H groups in total. The van der Waals surface area contributed by atoms with Crippen molar-refractivity contribution in [2.45, 2.75) is 6.42 Å². The molecule has 33 heavy (non-hydrogen) atoms. The van der Waals surface area contributed by atoms with Gasteiger partial charge in [0, 0.05) is 67.2 Å². The third-order valence-electron chi connectivity index (χ3n) is 5.98. The van der Waals surface area contributed by atoms with Crippen molar-refractivity contribution >= 4 is 23.1 Å². The quantitative estimate of drug-likeness (QED) is 0.503. The third-order valence-corrected chi connectivity index (χ3v) is 7.08. The number of hydrogen-bond donors (Lipinski definition) is 1. The van der Waals surface area contributed by atoms with Crippen molar-refractivity contribution in [3.05, 3.63) is 59.1 Å². The Morgan fingerprint density at radius 1 is 1.09 bits per heavy atom. The summed E-state index contributed by atoms with van der Waals surface area (Å²) in [6, 6.07) is 6.08. The molecule has 1 aromatic carbocycles. The molecule has 0 unspecified atom stereocenters. The number of amides is 1. The Hall–Kier alpha value is -3.79. The zero-order valence-electron chi connectivity index (χ0n) is 17.8. The third kappa shape index (κ3) is 3.72. The summed E-state index contributed by atoms with van der Waals surface area (Å²) in [5.74, 6) is 1.62. The number of rotatable bonds is 3. The van der Waals surface area contributed by atoms with Gasteiger partial charge in [-0.2, -0.15) is 5.10 Å². The van der Waals surface area contributed by atoms with E-state index in [-0.39, 0.29) is 5.91 Å². The van der Waals surface area contributed by atoms with E-state index in [1.807, 2.05) is 29.3 Å². The first-order valence-electron chi connectivity index (χ1n) is 10.8. The number of carbonyl (C=O) groups excluding carboxylic acids is 1. The van der Waals surface area contributed by atoms with Gasteiger partial charge >= 0.3 is 0 Å². The smallest absolute Gasteiger partial charge is 0.282 e. The average Bonchev–Trinajstić information content (AvgIpc) is 3.52. The molecule has 1 amide bonds. The monoisotopic (exact) mass is 459 g/mol. The van der Waals surface area contributed by atoms with Crippen molar-refractivity contribution in [2.75, 3.05) is 37.7 Å². The minimum absolute atomic E-state index is 0.00986. The van der Waals surface area contributed by atoms with Crippen LogP contribution in [0.3, 0.4) is 0 Å². The molecule has 2 aliphatic heterocycles. The molecule has 0 saturated carbocycles. The van der Waals surface area contributed by atoms with Gasteiger partial charge in [-0.3, -0.25) is 14.9 Å². The molecular formula is C23H21N7O2S. The molecule has 2 aliphatic rings. The summed E-state index contributed by atoms with van der Waals surface area (Å²) in [6.45, 7) is 3.27. The van der Waals surface area contributed by atoms with E-state index in [4.69, 9.17) is 9.72 Å². The minimum Gasteiger partial charge on any atom is -0.492 e. The fourth-order valence-corrected chi connectivity index (χ4v) is 5.26. The van der Waals surface area contributed by atoms with Gasteiger partial charge in [0.1, 0.15) is 11.6 Å². The maximum atomic E-state index is 13.3. The van der Waals surface area contributed by atoms with E-state index in [2.05, 4.69) is 25.1 Å². The van der Waals surface area contributed by atoms with Crippen LogP contribution in [0.1, 0.15) is 14.7 Å². The largest absolute Gasteiger partial charge is 0.492 e. The average molecular weight is 460 g/mol. The molecule has 4 aromatic rings. The zero-order valence-corrected chi connectivity index (χ0v) is 18.6. The number of carbonyl (C=O) groups is 1. The molecule has 9 nitrogen and oxygen atoms in total. The maximum Gasteiger partial charge on any atom is 0.282 e. The molecule has 1 saturated heterocycles. The van der Waals surface area contributed by atoms with Crippen LogP contribution in [0.25, 0.3) is 22.4 Å². The molecule has 0 aliphatic carbocycles. The van der Waals surface area contributed by atoms with Crippen molar-refractivity contribution in [3.63, 3.8) is 0 Å². The van der Waals surface area contributed by atoms with Crippen molar-refractivity contribution in [1.82, 2.24) is 30.0 Å². The summed E-state index contributed by atoms with van der Waals surface area (Å²) in [5, 5.41) is 7.41. The minimum atomic E-state index is -0.00986. The van der Waals surface area contributed by atoms with Gasteiger partial charge < -0.3 is 14.5 Å². The van der Waals surface area contributed by atoms with Gasteiger partial charge in [0.05, 0.1) is 24.7 Å². The molecule has 6 rings (SSSR count). The van der Waals surface area contributed by atoms with Gasteiger partial charge in [0.25, 0.3) is 5.91 Å². The Labute approximate surface area is 194 Å². The number of thiazole rings is 1. The summed E-state index contributed by atoms with van der Waals surface area (Å²) < 4.78 is 6.02. The summed E-state index contributed by atoms with van der Waals surface area (Å²) in [7, 11) is 0. The van der Waals surface area contributed by atoms with Crippen LogP contribution in [0.2, 0.25) is 0 Å². The highest BCUT2D eigenvalue weighted by molar-refractivity contribution is 7.14. The molecule has 0 radical (unpaired) electrons. The molecule has 1 fully saturated rings. The first-order chi connectivity index (χ1) is 16.3. The highest BCUT2D eigenvalue weighted by Gasteiger charge is 2.28. The van der Waals surface area contributed by atoms with E-state index < -0.39 is 0 Å². The summed E-state index contributed by atoms with van der Waals surface area (Å²) >= 11 is 1.48. The second-order valence-corrected chi connectivity index (χ2v) is 9.01. The van der Waals surface area contributed by atoms with Crippen LogP contribution < -0.4 is 9.64 Å². The number of piperazine rings is 1. The predicted molar refractivity (Wildman–Crippen MR) is 124 cm³/mol. The predicted octanol–water partition coefficient (Wildman–Crippen LogP) is 2.89. The van der Waals surface area contributed by atoms with Gasteiger partial charge in [-0.1, -0.05) is 6.07 Å². The second kappa shape index (κ2) is 8.28. The van der Waals surface area contributed by atoms with Gasteiger partial charge in [0.2, 0.25) is 0 Å². The number of H-pyrrole nitrogens is 1. The number of nitrogens with one attached hydrogen (secondary N) is 1. The Kier molecular flexibility index (Phi) is 4.99. The topological polar surface area (TPSA) is 100 Å². The molecule has 0 spiro atoms. The summed E-state index contributed by atoms with van der Waals surface area (Å²) in [4.78, 5) is 31.7. The molecular weight excluding hydrogens is 438 g/mol. The normalized spacial score (nSPS) is 15.4. The molecule has 3 aromatic heterocycles. The molecule has 166 valence electrons. The highest BCUT2D eigenvalue weighted by Crippen LogP contribution is 2.39. The van der Waals surface area contributed by atoms with E-state index in [9.17, 15) is 4.79 Å². The van der Waals surface area contributed by atoms with Gasteiger partial charge in [-0.15, -0.1) is 11.3 Å². The number of aromatic nitrogens is 5. The number of fused-ring (bicyclic) bond motifs is 3. The first kappa shape index (κ1) is 19.9. The number of hydrogen-bond acceptors (Lipinski definition) is 8. The lowest BCUT2D eigenvalue weighted by atomic mass is 10.0. The number of benzene rings is 1. The number of aromatic amines is 1.